The number of anilines is 1. The van der Waals surface area contributed by atoms with Gasteiger partial charge in [-0.2, -0.15) is 8.42 Å². The summed E-state index contributed by atoms with van der Waals surface area (Å²) in [5, 5.41) is 3.23. The van der Waals surface area contributed by atoms with Crippen LogP contribution >= 0.6 is 0 Å². The van der Waals surface area contributed by atoms with Crippen LogP contribution in [-0.4, -0.2) is 15.0 Å². The van der Waals surface area contributed by atoms with Crippen LogP contribution in [0.25, 0.3) is 0 Å². The van der Waals surface area contributed by atoms with Crippen molar-refractivity contribution < 1.29 is 17.0 Å². The molecule has 0 amide bonds. The topological polar surface area (TPSA) is 55.4 Å². The van der Waals surface area contributed by atoms with Gasteiger partial charge in [-0.05, 0) is 47.4 Å². The molecule has 2 aromatic carbocycles. The van der Waals surface area contributed by atoms with Crippen LogP contribution in [0.5, 0.6) is 0 Å². The molecule has 0 saturated heterocycles. The fourth-order valence-electron chi connectivity index (χ4n) is 2.48. The molecule has 0 aliphatic carbocycles. The Labute approximate surface area is 129 Å². The van der Waals surface area contributed by atoms with Gasteiger partial charge < -0.3 is 10.1 Å². The summed E-state index contributed by atoms with van der Waals surface area (Å²) < 4.78 is 40.2. The van der Waals surface area contributed by atoms with Crippen LogP contribution in [-0.2, 0) is 34.5 Å². The standard InChI is InChI=1S/C16H16FNO3S/c17-22(19,20)16-3-1-2-12(8-16)10-18-15-5-4-14-11-21-7-6-13(14)9-15/h1-5,8-9,18H,6-7,10-11H2. The van der Waals surface area contributed by atoms with Crippen molar-refractivity contribution in [2.75, 3.05) is 11.9 Å². The van der Waals surface area contributed by atoms with Gasteiger partial charge in [0.1, 0.15) is 0 Å². The molecular formula is C16H16FNO3S. The van der Waals surface area contributed by atoms with Crippen molar-refractivity contribution in [3.63, 3.8) is 0 Å². The first kappa shape index (κ1) is 15.0. The van der Waals surface area contributed by atoms with E-state index in [-0.39, 0.29) is 4.90 Å². The lowest BCUT2D eigenvalue weighted by molar-refractivity contribution is 0.111. The highest BCUT2D eigenvalue weighted by atomic mass is 32.3. The normalized spacial score (nSPS) is 14.4. The van der Waals surface area contributed by atoms with Crippen molar-refractivity contribution in [2.24, 2.45) is 0 Å². The first-order chi connectivity index (χ1) is 10.5. The monoisotopic (exact) mass is 321 g/mol. The molecule has 116 valence electrons. The van der Waals surface area contributed by atoms with Crippen LogP contribution in [0.1, 0.15) is 16.7 Å². The predicted octanol–water partition coefficient (Wildman–Crippen LogP) is 3.03. The summed E-state index contributed by atoms with van der Waals surface area (Å²) in [5.41, 5.74) is 4.12. The summed E-state index contributed by atoms with van der Waals surface area (Å²) in [4.78, 5) is -0.311. The summed E-state index contributed by atoms with van der Waals surface area (Å²) in [6.07, 6.45) is 0.889. The zero-order chi connectivity index (χ0) is 15.6. The summed E-state index contributed by atoms with van der Waals surface area (Å²) in [6.45, 7) is 1.80. The molecule has 6 heteroatoms. The van der Waals surface area contributed by atoms with E-state index in [2.05, 4.69) is 11.4 Å². The molecule has 4 nitrogen and oxygen atoms in total. The third kappa shape index (κ3) is 3.45. The van der Waals surface area contributed by atoms with E-state index in [0.29, 0.717) is 18.7 Å². The zero-order valence-electron chi connectivity index (χ0n) is 11.9. The number of hydrogen-bond acceptors (Lipinski definition) is 4. The van der Waals surface area contributed by atoms with Gasteiger partial charge in [0.15, 0.2) is 0 Å². The Bertz CT molecular complexity index is 790. The van der Waals surface area contributed by atoms with Crippen molar-refractivity contribution in [3.05, 3.63) is 59.2 Å². The van der Waals surface area contributed by atoms with Gasteiger partial charge >= 0.3 is 10.2 Å². The second-order valence-corrected chi connectivity index (χ2v) is 6.57. The third-order valence-electron chi connectivity index (χ3n) is 3.66. The van der Waals surface area contributed by atoms with E-state index in [1.807, 2.05) is 12.1 Å². The molecule has 0 atom stereocenters. The van der Waals surface area contributed by atoms with Crippen LogP contribution in [0.4, 0.5) is 9.57 Å². The Morgan fingerprint density at radius 3 is 2.82 bits per heavy atom. The summed E-state index contributed by atoms with van der Waals surface area (Å²) in [7, 11) is -4.66. The van der Waals surface area contributed by atoms with Crippen molar-refractivity contribution >= 4 is 15.9 Å². The Balaban J connectivity index is 1.73. The Kier molecular flexibility index (Phi) is 4.13. The molecule has 3 rings (SSSR count). The smallest absolute Gasteiger partial charge is 0.332 e. The molecule has 1 aliphatic heterocycles. The average molecular weight is 321 g/mol. The summed E-state index contributed by atoms with van der Waals surface area (Å²) in [5.74, 6) is 0. The highest BCUT2D eigenvalue weighted by molar-refractivity contribution is 7.86. The number of hydrogen-bond donors (Lipinski definition) is 1. The molecule has 22 heavy (non-hydrogen) atoms. The third-order valence-corrected chi connectivity index (χ3v) is 4.47. The van der Waals surface area contributed by atoms with Gasteiger partial charge in [0.05, 0.1) is 18.1 Å². The first-order valence-corrected chi connectivity index (χ1v) is 8.38. The number of ether oxygens (including phenoxy) is 1. The highest BCUT2D eigenvalue weighted by Gasteiger charge is 2.12. The van der Waals surface area contributed by atoms with Crippen LogP contribution < -0.4 is 5.32 Å². The van der Waals surface area contributed by atoms with E-state index in [9.17, 15) is 12.3 Å². The summed E-state index contributed by atoms with van der Waals surface area (Å²) >= 11 is 0. The fourth-order valence-corrected chi connectivity index (χ4v) is 3.02. The van der Waals surface area contributed by atoms with Gasteiger partial charge in [-0.15, -0.1) is 3.89 Å². The quantitative estimate of drug-likeness (QED) is 0.880. The predicted molar refractivity (Wildman–Crippen MR) is 81.9 cm³/mol. The van der Waals surface area contributed by atoms with Gasteiger partial charge in [0.2, 0.25) is 0 Å². The number of rotatable bonds is 4. The average Bonchev–Trinajstić information content (AvgIpc) is 2.52. The molecule has 0 bridgehead atoms. The molecule has 0 saturated carbocycles. The Morgan fingerprint density at radius 2 is 2.00 bits per heavy atom. The number of nitrogens with one attached hydrogen (secondary N) is 1. The number of fused-ring (bicyclic) bond motifs is 1. The van der Waals surface area contributed by atoms with Gasteiger partial charge in [0, 0.05) is 12.2 Å². The highest BCUT2D eigenvalue weighted by Crippen LogP contribution is 2.22. The van der Waals surface area contributed by atoms with E-state index >= 15 is 0 Å². The van der Waals surface area contributed by atoms with E-state index in [1.54, 1.807) is 6.07 Å². The minimum absolute atomic E-state index is 0.311. The molecular weight excluding hydrogens is 305 g/mol. The van der Waals surface area contributed by atoms with Crippen LogP contribution in [0, 0.1) is 0 Å². The number of halogens is 1. The molecule has 2 aromatic rings. The SMILES string of the molecule is O=S(=O)(F)c1cccc(CNc2ccc3c(c2)CCOC3)c1. The van der Waals surface area contributed by atoms with Gasteiger partial charge in [-0.25, -0.2) is 0 Å². The van der Waals surface area contributed by atoms with E-state index in [4.69, 9.17) is 4.74 Å². The minimum Gasteiger partial charge on any atom is -0.381 e. The molecule has 0 radical (unpaired) electrons. The Hall–Kier alpha value is -1.92. The minimum atomic E-state index is -4.66. The van der Waals surface area contributed by atoms with Gasteiger partial charge in [0.25, 0.3) is 0 Å². The molecule has 1 heterocycles. The van der Waals surface area contributed by atoms with Gasteiger partial charge in [-0.3, -0.25) is 0 Å². The zero-order valence-corrected chi connectivity index (χ0v) is 12.7. The molecule has 1 N–H and O–H groups in total. The molecule has 0 aromatic heterocycles. The van der Waals surface area contributed by atoms with Crippen molar-refractivity contribution in [1.82, 2.24) is 0 Å². The molecule has 1 aliphatic rings. The largest absolute Gasteiger partial charge is 0.381 e. The first-order valence-electron chi connectivity index (χ1n) is 6.99. The maximum Gasteiger partial charge on any atom is 0.332 e. The van der Waals surface area contributed by atoms with Crippen LogP contribution in [0.3, 0.4) is 0 Å². The lowest BCUT2D eigenvalue weighted by atomic mass is 10.0. The fraction of sp³-hybridized carbons (Fsp3) is 0.250. The lowest BCUT2D eigenvalue weighted by Gasteiger charge is -2.17. The van der Waals surface area contributed by atoms with Gasteiger partial charge in [-0.1, -0.05) is 18.2 Å². The second-order valence-electron chi connectivity index (χ2n) is 5.22. The van der Waals surface area contributed by atoms with Crippen LogP contribution in [0.2, 0.25) is 0 Å². The van der Waals surface area contributed by atoms with E-state index in [0.717, 1.165) is 18.7 Å². The molecule has 0 fully saturated rings. The van der Waals surface area contributed by atoms with Crippen molar-refractivity contribution in [1.29, 1.82) is 0 Å². The maximum atomic E-state index is 13.0. The lowest BCUT2D eigenvalue weighted by Crippen LogP contribution is -2.10. The van der Waals surface area contributed by atoms with E-state index in [1.165, 1.54) is 29.3 Å². The molecule has 0 spiro atoms. The Morgan fingerprint density at radius 1 is 1.14 bits per heavy atom. The van der Waals surface area contributed by atoms with E-state index < -0.39 is 10.2 Å². The van der Waals surface area contributed by atoms with Crippen molar-refractivity contribution in [3.8, 4) is 0 Å². The second kappa shape index (κ2) is 6.06. The molecule has 0 unspecified atom stereocenters. The van der Waals surface area contributed by atoms with Crippen molar-refractivity contribution in [2.45, 2.75) is 24.5 Å². The van der Waals surface area contributed by atoms with Crippen LogP contribution in [0.15, 0.2) is 47.4 Å². The summed E-state index contributed by atoms with van der Waals surface area (Å²) in [6, 6.07) is 11.9. The number of benzene rings is 2. The maximum absolute atomic E-state index is 13.0.